The highest BCUT2D eigenvalue weighted by Crippen LogP contribution is 2.31. The molecule has 4 nitrogen and oxygen atoms in total. The minimum absolute atomic E-state index is 0.00527. The van der Waals surface area contributed by atoms with Gasteiger partial charge in [0.05, 0.1) is 7.11 Å². The number of phenols is 1. The van der Waals surface area contributed by atoms with Crippen molar-refractivity contribution in [3.05, 3.63) is 23.8 Å². The molecular weight excluding hydrogens is 242 g/mol. The van der Waals surface area contributed by atoms with Gasteiger partial charge in [-0.1, -0.05) is 13.8 Å². The number of methoxy groups -OCH3 is 1. The van der Waals surface area contributed by atoms with Gasteiger partial charge >= 0.3 is 0 Å². The molecule has 4 heteroatoms. The SMILES string of the molecule is COc1ccc(C(=O)N2CCC(C)(C)CC2)cc1O. The van der Waals surface area contributed by atoms with Gasteiger partial charge in [0, 0.05) is 18.7 Å². The average molecular weight is 263 g/mol. The number of amides is 1. The van der Waals surface area contributed by atoms with Gasteiger partial charge in [0.25, 0.3) is 5.91 Å². The molecule has 1 N–H and O–H groups in total. The van der Waals surface area contributed by atoms with Crippen LogP contribution in [-0.2, 0) is 0 Å². The maximum Gasteiger partial charge on any atom is 0.253 e. The average Bonchev–Trinajstić information content (AvgIpc) is 2.38. The van der Waals surface area contributed by atoms with Crippen molar-refractivity contribution in [1.29, 1.82) is 0 Å². The first-order valence-electron chi connectivity index (χ1n) is 6.59. The van der Waals surface area contributed by atoms with E-state index in [0.717, 1.165) is 25.9 Å². The molecule has 19 heavy (non-hydrogen) atoms. The first-order valence-corrected chi connectivity index (χ1v) is 6.59. The fourth-order valence-electron chi connectivity index (χ4n) is 2.32. The lowest BCUT2D eigenvalue weighted by Gasteiger charge is -2.37. The fraction of sp³-hybridized carbons (Fsp3) is 0.533. The van der Waals surface area contributed by atoms with Crippen LogP contribution in [0.2, 0.25) is 0 Å². The third-order valence-electron chi connectivity index (χ3n) is 3.83. The molecule has 0 aliphatic carbocycles. The van der Waals surface area contributed by atoms with Crippen LogP contribution in [0, 0.1) is 5.41 Å². The Bertz CT molecular complexity index is 472. The molecule has 0 unspecified atom stereocenters. The standard InChI is InChI=1S/C15H21NO3/c1-15(2)6-8-16(9-7-15)14(18)11-4-5-13(19-3)12(17)10-11/h4-5,10,17H,6-9H2,1-3H3. The van der Waals surface area contributed by atoms with Crippen LogP contribution in [0.25, 0.3) is 0 Å². The first-order chi connectivity index (χ1) is 8.93. The van der Waals surface area contributed by atoms with Crippen molar-refractivity contribution < 1.29 is 14.6 Å². The Morgan fingerprint density at radius 2 is 1.95 bits per heavy atom. The third kappa shape index (κ3) is 3.00. The van der Waals surface area contributed by atoms with E-state index in [1.54, 1.807) is 12.1 Å². The molecule has 1 fully saturated rings. The van der Waals surface area contributed by atoms with Crippen LogP contribution in [0.1, 0.15) is 37.0 Å². The number of rotatable bonds is 2. The molecule has 1 aromatic rings. The van der Waals surface area contributed by atoms with E-state index < -0.39 is 0 Å². The monoisotopic (exact) mass is 263 g/mol. The van der Waals surface area contributed by atoms with E-state index in [0.29, 0.717) is 16.7 Å². The summed E-state index contributed by atoms with van der Waals surface area (Å²) in [5.74, 6) is 0.371. The fourth-order valence-corrected chi connectivity index (χ4v) is 2.32. The Balaban J connectivity index is 2.10. The molecular formula is C15H21NO3. The second kappa shape index (κ2) is 5.11. The molecule has 1 heterocycles. The molecule has 1 saturated heterocycles. The molecule has 1 aliphatic rings. The first kappa shape index (κ1) is 13.7. The summed E-state index contributed by atoms with van der Waals surface area (Å²) in [7, 11) is 1.49. The third-order valence-corrected chi connectivity index (χ3v) is 3.83. The zero-order valence-corrected chi connectivity index (χ0v) is 11.8. The van der Waals surface area contributed by atoms with Crippen LogP contribution in [0.5, 0.6) is 11.5 Å². The second-order valence-corrected chi connectivity index (χ2v) is 5.84. The summed E-state index contributed by atoms with van der Waals surface area (Å²) >= 11 is 0. The Morgan fingerprint density at radius 1 is 1.32 bits per heavy atom. The lowest BCUT2D eigenvalue weighted by Crippen LogP contribution is -2.41. The quantitative estimate of drug-likeness (QED) is 0.892. The molecule has 0 radical (unpaired) electrons. The van der Waals surface area contributed by atoms with Gasteiger partial charge in [0.15, 0.2) is 11.5 Å². The zero-order valence-electron chi connectivity index (χ0n) is 11.8. The Morgan fingerprint density at radius 3 is 2.47 bits per heavy atom. The van der Waals surface area contributed by atoms with Gasteiger partial charge in [-0.3, -0.25) is 4.79 Å². The summed E-state index contributed by atoms with van der Waals surface area (Å²) in [5, 5.41) is 9.73. The van der Waals surface area contributed by atoms with Crippen molar-refractivity contribution >= 4 is 5.91 Å². The van der Waals surface area contributed by atoms with E-state index in [-0.39, 0.29) is 11.7 Å². The molecule has 1 amide bonds. The van der Waals surface area contributed by atoms with Crippen LogP contribution in [0.4, 0.5) is 0 Å². The predicted octanol–water partition coefficient (Wildman–Crippen LogP) is 2.66. The number of benzene rings is 1. The number of phenolic OH excluding ortho intramolecular Hbond substituents is 1. The predicted molar refractivity (Wildman–Crippen MR) is 73.6 cm³/mol. The van der Waals surface area contributed by atoms with E-state index in [2.05, 4.69) is 13.8 Å². The molecule has 1 aromatic carbocycles. The van der Waals surface area contributed by atoms with Crippen molar-refractivity contribution in [3.8, 4) is 11.5 Å². The number of carbonyl (C=O) groups is 1. The van der Waals surface area contributed by atoms with Crippen LogP contribution < -0.4 is 4.74 Å². The summed E-state index contributed by atoms with van der Waals surface area (Å²) < 4.78 is 4.98. The Labute approximate surface area is 114 Å². The Kier molecular flexibility index (Phi) is 3.69. The minimum atomic E-state index is -0.0200. The Hall–Kier alpha value is -1.71. The number of ether oxygens (including phenoxy) is 1. The highest BCUT2D eigenvalue weighted by Gasteiger charge is 2.28. The van der Waals surface area contributed by atoms with Crippen molar-refractivity contribution in [1.82, 2.24) is 4.90 Å². The second-order valence-electron chi connectivity index (χ2n) is 5.84. The number of likely N-dealkylation sites (tertiary alicyclic amines) is 1. The van der Waals surface area contributed by atoms with Crippen molar-refractivity contribution in [2.45, 2.75) is 26.7 Å². The lowest BCUT2D eigenvalue weighted by molar-refractivity contribution is 0.0630. The molecule has 0 saturated carbocycles. The van der Waals surface area contributed by atoms with E-state index >= 15 is 0 Å². The van der Waals surface area contributed by atoms with Gasteiger partial charge in [-0.25, -0.2) is 0 Å². The number of nitrogens with zero attached hydrogens (tertiary/aromatic N) is 1. The van der Waals surface area contributed by atoms with Gasteiger partial charge in [0.2, 0.25) is 0 Å². The number of aromatic hydroxyl groups is 1. The zero-order chi connectivity index (χ0) is 14.0. The maximum absolute atomic E-state index is 12.3. The van der Waals surface area contributed by atoms with E-state index in [4.69, 9.17) is 4.74 Å². The van der Waals surface area contributed by atoms with Crippen molar-refractivity contribution in [2.75, 3.05) is 20.2 Å². The smallest absolute Gasteiger partial charge is 0.253 e. The lowest BCUT2D eigenvalue weighted by atomic mass is 9.82. The van der Waals surface area contributed by atoms with Crippen molar-refractivity contribution in [2.24, 2.45) is 5.41 Å². The van der Waals surface area contributed by atoms with Crippen LogP contribution in [0.3, 0.4) is 0 Å². The minimum Gasteiger partial charge on any atom is -0.504 e. The molecule has 0 atom stereocenters. The molecule has 1 aliphatic heterocycles. The molecule has 2 rings (SSSR count). The summed E-state index contributed by atoms with van der Waals surface area (Å²) in [6.45, 7) is 6.01. The topological polar surface area (TPSA) is 49.8 Å². The summed E-state index contributed by atoms with van der Waals surface area (Å²) in [4.78, 5) is 14.2. The largest absolute Gasteiger partial charge is 0.504 e. The molecule has 0 bridgehead atoms. The summed E-state index contributed by atoms with van der Waals surface area (Å²) in [5.41, 5.74) is 0.830. The highest BCUT2D eigenvalue weighted by molar-refractivity contribution is 5.95. The molecule has 0 aromatic heterocycles. The molecule has 0 spiro atoms. The maximum atomic E-state index is 12.3. The van der Waals surface area contributed by atoms with Gasteiger partial charge in [-0.05, 0) is 36.5 Å². The van der Waals surface area contributed by atoms with Crippen LogP contribution in [-0.4, -0.2) is 36.1 Å². The van der Waals surface area contributed by atoms with E-state index in [1.165, 1.54) is 13.2 Å². The van der Waals surface area contributed by atoms with Crippen molar-refractivity contribution in [3.63, 3.8) is 0 Å². The number of carbonyl (C=O) groups excluding carboxylic acids is 1. The van der Waals surface area contributed by atoms with Gasteiger partial charge in [-0.15, -0.1) is 0 Å². The summed E-state index contributed by atoms with van der Waals surface area (Å²) in [6.07, 6.45) is 2.03. The number of hydrogen-bond donors (Lipinski definition) is 1. The van der Waals surface area contributed by atoms with E-state index in [9.17, 15) is 9.90 Å². The van der Waals surface area contributed by atoms with Gasteiger partial charge in [0.1, 0.15) is 0 Å². The molecule has 104 valence electrons. The van der Waals surface area contributed by atoms with E-state index in [1.807, 2.05) is 4.90 Å². The van der Waals surface area contributed by atoms with Gasteiger partial charge < -0.3 is 14.7 Å². The van der Waals surface area contributed by atoms with Gasteiger partial charge in [-0.2, -0.15) is 0 Å². The highest BCUT2D eigenvalue weighted by atomic mass is 16.5. The van der Waals surface area contributed by atoms with Crippen LogP contribution >= 0.6 is 0 Å². The number of piperidine rings is 1. The van der Waals surface area contributed by atoms with Crippen LogP contribution in [0.15, 0.2) is 18.2 Å². The normalized spacial score (nSPS) is 18.2. The summed E-state index contributed by atoms with van der Waals surface area (Å²) in [6, 6.07) is 4.79. The number of hydrogen-bond acceptors (Lipinski definition) is 3.